The summed E-state index contributed by atoms with van der Waals surface area (Å²) in [5, 5.41) is 5.76. The SMILES string of the molecule is CC(C)CCN=C(N)NCCNC(=O)C(C)C.I. The average Bonchev–Trinajstić information content (AvgIpc) is 2.23. The van der Waals surface area contributed by atoms with E-state index in [4.69, 9.17) is 5.73 Å². The Bertz CT molecular complexity index is 254. The number of rotatable bonds is 7. The monoisotopic (exact) mass is 370 g/mol. The number of halogens is 1. The molecule has 18 heavy (non-hydrogen) atoms. The van der Waals surface area contributed by atoms with E-state index in [-0.39, 0.29) is 35.8 Å². The number of carbonyl (C=O) groups is 1. The van der Waals surface area contributed by atoms with Crippen molar-refractivity contribution in [1.29, 1.82) is 0 Å². The van der Waals surface area contributed by atoms with Crippen LogP contribution in [0.1, 0.15) is 34.1 Å². The van der Waals surface area contributed by atoms with Gasteiger partial charge in [0, 0.05) is 25.6 Å². The first kappa shape index (κ1) is 19.8. The van der Waals surface area contributed by atoms with E-state index in [0.717, 1.165) is 13.0 Å². The molecule has 0 rings (SSSR count). The van der Waals surface area contributed by atoms with E-state index >= 15 is 0 Å². The first-order valence-electron chi connectivity index (χ1n) is 6.25. The number of hydrogen-bond acceptors (Lipinski definition) is 2. The molecule has 0 bridgehead atoms. The van der Waals surface area contributed by atoms with Crippen LogP contribution in [0.15, 0.2) is 4.99 Å². The molecular formula is C12H27IN4O. The van der Waals surface area contributed by atoms with Crippen LogP contribution in [0.3, 0.4) is 0 Å². The molecule has 0 aliphatic rings. The van der Waals surface area contributed by atoms with Crippen LogP contribution < -0.4 is 16.4 Å². The number of hydrogen-bond donors (Lipinski definition) is 3. The molecule has 0 fully saturated rings. The summed E-state index contributed by atoms with van der Waals surface area (Å²) in [5.74, 6) is 1.16. The molecule has 108 valence electrons. The standard InChI is InChI=1S/C12H26N4O.HI/c1-9(2)5-6-15-12(13)16-8-7-14-11(17)10(3)4;/h9-10H,5-8H2,1-4H3,(H,14,17)(H3,13,15,16);1H. The molecule has 6 heteroatoms. The minimum Gasteiger partial charge on any atom is -0.370 e. The quantitative estimate of drug-likeness (QED) is 0.274. The van der Waals surface area contributed by atoms with Gasteiger partial charge in [-0.05, 0) is 12.3 Å². The van der Waals surface area contributed by atoms with Gasteiger partial charge in [0.25, 0.3) is 0 Å². The third-order valence-corrected chi connectivity index (χ3v) is 2.24. The second-order valence-corrected chi connectivity index (χ2v) is 4.82. The van der Waals surface area contributed by atoms with E-state index in [1.54, 1.807) is 0 Å². The van der Waals surface area contributed by atoms with E-state index in [2.05, 4.69) is 29.5 Å². The molecule has 5 nitrogen and oxygen atoms in total. The van der Waals surface area contributed by atoms with Crippen molar-refractivity contribution < 1.29 is 4.79 Å². The molecule has 1 amide bonds. The summed E-state index contributed by atoms with van der Waals surface area (Å²) < 4.78 is 0. The van der Waals surface area contributed by atoms with Crippen LogP contribution in [-0.4, -0.2) is 31.5 Å². The van der Waals surface area contributed by atoms with Crippen molar-refractivity contribution in [2.45, 2.75) is 34.1 Å². The van der Waals surface area contributed by atoms with Crippen molar-refractivity contribution in [2.75, 3.05) is 19.6 Å². The molecule has 0 aromatic carbocycles. The largest absolute Gasteiger partial charge is 0.370 e. The van der Waals surface area contributed by atoms with Gasteiger partial charge in [-0.25, -0.2) is 0 Å². The first-order chi connectivity index (χ1) is 7.93. The molecule has 0 unspecified atom stereocenters. The summed E-state index contributed by atoms with van der Waals surface area (Å²) in [4.78, 5) is 15.4. The Morgan fingerprint density at radius 1 is 1.17 bits per heavy atom. The van der Waals surface area contributed by atoms with Crippen molar-refractivity contribution in [1.82, 2.24) is 10.6 Å². The summed E-state index contributed by atoms with van der Waals surface area (Å²) in [7, 11) is 0. The number of aliphatic imine (C=N–C) groups is 1. The maximum atomic E-state index is 11.2. The predicted octanol–water partition coefficient (Wildman–Crippen LogP) is 1.33. The molecule has 0 saturated heterocycles. The van der Waals surface area contributed by atoms with E-state index in [9.17, 15) is 4.79 Å². The smallest absolute Gasteiger partial charge is 0.222 e. The summed E-state index contributed by atoms with van der Waals surface area (Å²) in [6.07, 6.45) is 1.03. The third kappa shape index (κ3) is 11.9. The molecule has 0 aliphatic carbocycles. The Morgan fingerprint density at radius 3 is 2.22 bits per heavy atom. The van der Waals surface area contributed by atoms with Crippen LogP contribution in [-0.2, 0) is 4.79 Å². The zero-order valence-electron chi connectivity index (χ0n) is 11.8. The minimum atomic E-state index is 0. The van der Waals surface area contributed by atoms with Gasteiger partial charge in [-0.3, -0.25) is 9.79 Å². The normalized spacial score (nSPS) is 11.3. The van der Waals surface area contributed by atoms with Crippen molar-refractivity contribution >= 4 is 35.8 Å². The molecule has 0 radical (unpaired) electrons. The molecule has 0 atom stereocenters. The van der Waals surface area contributed by atoms with Crippen molar-refractivity contribution in [2.24, 2.45) is 22.6 Å². The Kier molecular flexibility index (Phi) is 12.7. The highest BCUT2D eigenvalue weighted by molar-refractivity contribution is 14.0. The van der Waals surface area contributed by atoms with Gasteiger partial charge in [0.1, 0.15) is 0 Å². The highest BCUT2D eigenvalue weighted by Gasteiger charge is 2.04. The number of nitrogens with zero attached hydrogens (tertiary/aromatic N) is 1. The Labute approximate surface area is 127 Å². The van der Waals surface area contributed by atoms with Crippen LogP contribution in [0, 0.1) is 11.8 Å². The van der Waals surface area contributed by atoms with E-state index < -0.39 is 0 Å². The lowest BCUT2D eigenvalue weighted by molar-refractivity contribution is -0.123. The van der Waals surface area contributed by atoms with Gasteiger partial charge >= 0.3 is 0 Å². The second-order valence-electron chi connectivity index (χ2n) is 4.82. The summed E-state index contributed by atoms with van der Waals surface area (Å²) in [5.41, 5.74) is 5.66. The Hall–Kier alpha value is -0.530. The van der Waals surface area contributed by atoms with Gasteiger partial charge in [-0.2, -0.15) is 0 Å². The maximum absolute atomic E-state index is 11.2. The summed E-state index contributed by atoms with van der Waals surface area (Å²) >= 11 is 0. The van der Waals surface area contributed by atoms with Gasteiger partial charge < -0.3 is 16.4 Å². The fourth-order valence-corrected chi connectivity index (χ4v) is 1.08. The number of amides is 1. The highest BCUT2D eigenvalue weighted by atomic mass is 127. The van der Waals surface area contributed by atoms with E-state index in [0.29, 0.717) is 25.0 Å². The molecule has 0 aromatic rings. The number of carbonyl (C=O) groups excluding carboxylic acids is 1. The van der Waals surface area contributed by atoms with Crippen LogP contribution in [0.25, 0.3) is 0 Å². The molecular weight excluding hydrogens is 343 g/mol. The van der Waals surface area contributed by atoms with E-state index in [1.807, 2.05) is 13.8 Å². The topological polar surface area (TPSA) is 79.5 Å². The van der Waals surface area contributed by atoms with Crippen molar-refractivity contribution in [3.8, 4) is 0 Å². The van der Waals surface area contributed by atoms with Crippen molar-refractivity contribution in [3.63, 3.8) is 0 Å². The van der Waals surface area contributed by atoms with E-state index in [1.165, 1.54) is 0 Å². The maximum Gasteiger partial charge on any atom is 0.222 e. The van der Waals surface area contributed by atoms with Crippen molar-refractivity contribution in [3.05, 3.63) is 0 Å². The fourth-order valence-electron chi connectivity index (χ4n) is 1.08. The summed E-state index contributed by atoms with van der Waals surface area (Å²) in [6, 6.07) is 0. The van der Waals surface area contributed by atoms with Crippen LogP contribution in [0.5, 0.6) is 0 Å². The van der Waals surface area contributed by atoms with Gasteiger partial charge in [-0.15, -0.1) is 24.0 Å². The summed E-state index contributed by atoms with van der Waals surface area (Å²) in [6.45, 7) is 9.96. The van der Waals surface area contributed by atoms with Gasteiger partial charge in [0.15, 0.2) is 5.96 Å². The molecule has 4 N–H and O–H groups in total. The number of nitrogens with one attached hydrogen (secondary N) is 2. The molecule has 0 spiro atoms. The zero-order valence-corrected chi connectivity index (χ0v) is 14.2. The fraction of sp³-hybridized carbons (Fsp3) is 0.833. The molecule has 0 aliphatic heterocycles. The minimum absolute atomic E-state index is 0. The third-order valence-electron chi connectivity index (χ3n) is 2.24. The van der Waals surface area contributed by atoms with Gasteiger partial charge in [0.2, 0.25) is 5.91 Å². The lowest BCUT2D eigenvalue weighted by Crippen LogP contribution is -2.39. The van der Waals surface area contributed by atoms with Crippen LogP contribution >= 0.6 is 24.0 Å². The molecule has 0 heterocycles. The molecule has 0 saturated carbocycles. The number of nitrogens with two attached hydrogens (primary N) is 1. The molecule has 0 aromatic heterocycles. The average molecular weight is 370 g/mol. The number of guanidine groups is 1. The lowest BCUT2D eigenvalue weighted by atomic mass is 10.1. The Morgan fingerprint density at radius 2 is 1.72 bits per heavy atom. The van der Waals surface area contributed by atoms with Gasteiger partial charge in [-0.1, -0.05) is 27.7 Å². The predicted molar refractivity (Wildman–Crippen MR) is 87.2 cm³/mol. The lowest BCUT2D eigenvalue weighted by Gasteiger charge is -2.09. The Balaban J connectivity index is 0. The first-order valence-corrected chi connectivity index (χ1v) is 6.25. The van der Waals surface area contributed by atoms with Crippen LogP contribution in [0.2, 0.25) is 0 Å². The second kappa shape index (κ2) is 11.6. The zero-order chi connectivity index (χ0) is 13.3. The van der Waals surface area contributed by atoms with Gasteiger partial charge in [0.05, 0.1) is 0 Å². The van der Waals surface area contributed by atoms with Crippen LogP contribution in [0.4, 0.5) is 0 Å². The highest BCUT2D eigenvalue weighted by Crippen LogP contribution is 1.97.